The van der Waals surface area contributed by atoms with Gasteiger partial charge in [0.2, 0.25) is 12.1 Å². The van der Waals surface area contributed by atoms with Gasteiger partial charge in [0.25, 0.3) is 0 Å². The zero-order valence-corrected chi connectivity index (χ0v) is 33.1. The summed E-state index contributed by atoms with van der Waals surface area (Å²) >= 11 is 1.75. The molecule has 0 spiro atoms. The Labute approximate surface area is 330 Å². The monoisotopic (exact) mass is 778 g/mol. The maximum atomic E-state index is 13.4. The van der Waals surface area contributed by atoms with Crippen LogP contribution >= 0.6 is 11.8 Å². The average Bonchev–Trinajstić information content (AvgIpc) is 3.22. The SMILES string of the molecule is C=CCOC12Oc3ccc(OCCSc4ccccc4)cc3C3C(CCCCO)C(CCCCO)C=C(C(=NOC4CCCCO4)CC1N(C)C(=O)OC)C32. The van der Waals surface area contributed by atoms with E-state index in [0.717, 1.165) is 73.3 Å². The van der Waals surface area contributed by atoms with Crippen LogP contribution in [0.25, 0.3) is 0 Å². The fourth-order valence-electron chi connectivity index (χ4n) is 8.84. The molecule has 7 unspecified atom stereocenters. The number of aliphatic hydroxyl groups is 2. The Balaban J connectivity index is 1.47. The van der Waals surface area contributed by atoms with Crippen molar-refractivity contribution < 1.29 is 43.5 Å². The van der Waals surface area contributed by atoms with Crippen LogP contribution in [0.1, 0.15) is 75.7 Å². The number of thioether (sulfide) groups is 1. The van der Waals surface area contributed by atoms with E-state index in [1.165, 1.54) is 12.0 Å². The van der Waals surface area contributed by atoms with Crippen LogP contribution in [0.4, 0.5) is 4.79 Å². The summed E-state index contributed by atoms with van der Waals surface area (Å²) in [7, 11) is 3.09. The summed E-state index contributed by atoms with van der Waals surface area (Å²) in [5.41, 5.74) is 2.71. The first-order chi connectivity index (χ1) is 26.9. The Bertz CT molecular complexity index is 1620. The number of rotatable bonds is 19. The normalized spacial score (nSPS) is 27.6. The molecule has 2 aliphatic heterocycles. The number of nitrogens with zero attached hydrogens (tertiary/aromatic N) is 2. The number of aliphatic hydroxyl groups excluding tert-OH is 2. The van der Waals surface area contributed by atoms with Crippen molar-refractivity contribution in [1.82, 2.24) is 4.90 Å². The molecule has 2 heterocycles. The Morgan fingerprint density at radius 1 is 1.09 bits per heavy atom. The van der Waals surface area contributed by atoms with Gasteiger partial charge in [-0.3, -0.25) is 0 Å². The number of methoxy groups -OCH3 is 1. The summed E-state index contributed by atoms with van der Waals surface area (Å²) in [4.78, 5) is 22.3. The van der Waals surface area contributed by atoms with Crippen molar-refractivity contribution in [3.05, 3.63) is 78.4 Å². The van der Waals surface area contributed by atoms with Crippen LogP contribution in [0.5, 0.6) is 11.5 Å². The van der Waals surface area contributed by atoms with Gasteiger partial charge in [-0.1, -0.05) is 48.3 Å². The van der Waals surface area contributed by atoms with E-state index < -0.39 is 30.1 Å². The van der Waals surface area contributed by atoms with Crippen molar-refractivity contribution in [3.63, 3.8) is 0 Å². The summed E-state index contributed by atoms with van der Waals surface area (Å²) in [5, 5.41) is 24.5. The predicted octanol–water partition coefficient (Wildman–Crippen LogP) is 7.72. The van der Waals surface area contributed by atoms with Crippen molar-refractivity contribution in [2.75, 3.05) is 52.9 Å². The van der Waals surface area contributed by atoms with Crippen molar-refractivity contribution in [2.45, 2.75) is 93.1 Å². The zero-order chi connectivity index (χ0) is 38.6. The molecule has 11 nitrogen and oxygen atoms in total. The van der Waals surface area contributed by atoms with Crippen LogP contribution in [0, 0.1) is 17.8 Å². The number of benzene rings is 2. The Kier molecular flexibility index (Phi) is 15.0. The van der Waals surface area contributed by atoms with E-state index in [1.54, 1.807) is 29.8 Å². The van der Waals surface area contributed by atoms with Gasteiger partial charge in [-0.15, -0.1) is 18.3 Å². The molecule has 2 fully saturated rings. The predicted molar refractivity (Wildman–Crippen MR) is 212 cm³/mol. The largest absolute Gasteiger partial charge is 0.493 e. The van der Waals surface area contributed by atoms with E-state index in [9.17, 15) is 15.0 Å². The van der Waals surface area contributed by atoms with Crippen molar-refractivity contribution >= 4 is 23.6 Å². The number of allylic oxidation sites excluding steroid dienone is 1. The number of carbonyl (C=O) groups is 1. The van der Waals surface area contributed by atoms with Crippen LogP contribution in [-0.2, 0) is 19.0 Å². The molecule has 55 heavy (non-hydrogen) atoms. The number of ether oxygens (including phenoxy) is 5. The highest BCUT2D eigenvalue weighted by Crippen LogP contribution is 2.61. The summed E-state index contributed by atoms with van der Waals surface area (Å²) in [6.07, 6.45) is 10.9. The third kappa shape index (κ3) is 9.53. The second kappa shape index (κ2) is 20.0. The molecule has 6 rings (SSSR count). The highest BCUT2D eigenvalue weighted by molar-refractivity contribution is 7.99. The van der Waals surface area contributed by atoms with Gasteiger partial charge in [0.15, 0.2) is 0 Å². The summed E-state index contributed by atoms with van der Waals surface area (Å²) in [6, 6.07) is 15.7. The minimum atomic E-state index is -1.33. The van der Waals surface area contributed by atoms with Gasteiger partial charge < -0.3 is 43.6 Å². The highest BCUT2D eigenvalue weighted by atomic mass is 32.2. The number of fused-ring (bicyclic) bond motifs is 2. The zero-order valence-electron chi connectivity index (χ0n) is 32.3. The second-order valence-electron chi connectivity index (χ2n) is 14.8. The molecule has 300 valence electrons. The fraction of sp³-hybridized carbons (Fsp3) is 0.581. The van der Waals surface area contributed by atoms with E-state index in [0.29, 0.717) is 38.2 Å². The van der Waals surface area contributed by atoms with Crippen LogP contribution in [0.3, 0.4) is 0 Å². The number of hydrogen-bond donors (Lipinski definition) is 2. The summed E-state index contributed by atoms with van der Waals surface area (Å²) in [5.74, 6) is 0.582. The first-order valence-corrected chi connectivity index (χ1v) is 20.9. The summed E-state index contributed by atoms with van der Waals surface area (Å²) < 4.78 is 31.7. The number of carbonyl (C=O) groups excluding carboxylic acids is 1. The van der Waals surface area contributed by atoms with E-state index >= 15 is 0 Å². The van der Waals surface area contributed by atoms with Crippen LogP contribution in [-0.4, -0.2) is 98.0 Å². The van der Waals surface area contributed by atoms with Gasteiger partial charge in [0, 0.05) is 55.2 Å². The highest BCUT2D eigenvalue weighted by Gasteiger charge is 2.65. The second-order valence-corrected chi connectivity index (χ2v) is 15.9. The molecule has 0 bridgehead atoms. The van der Waals surface area contributed by atoms with Crippen LogP contribution in [0.15, 0.2) is 82.9 Å². The maximum absolute atomic E-state index is 13.4. The van der Waals surface area contributed by atoms with Crippen molar-refractivity contribution in [3.8, 4) is 11.5 Å². The Hall–Kier alpha value is -3.55. The minimum Gasteiger partial charge on any atom is -0.493 e. The lowest BCUT2D eigenvalue weighted by Crippen LogP contribution is -2.69. The van der Waals surface area contributed by atoms with E-state index in [-0.39, 0.29) is 37.6 Å². The lowest BCUT2D eigenvalue weighted by molar-refractivity contribution is -0.253. The smallest absolute Gasteiger partial charge is 0.409 e. The average molecular weight is 779 g/mol. The van der Waals surface area contributed by atoms with Gasteiger partial charge in [0.1, 0.15) is 17.5 Å². The third-order valence-corrected chi connectivity index (χ3v) is 12.3. The van der Waals surface area contributed by atoms with Crippen molar-refractivity contribution in [2.24, 2.45) is 22.9 Å². The van der Waals surface area contributed by atoms with E-state index in [4.69, 9.17) is 33.7 Å². The van der Waals surface area contributed by atoms with E-state index in [2.05, 4.69) is 30.9 Å². The Morgan fingerprint density at radius 2 is 1.89 bits per heavy atom. The maximum Gasteiger partial charge on any atom is 0.409 e. The lowest BCUT2D eigenvalue weighted by atomic mass is 9.55. The van der Waals surface area contributed by atoms with Crippen molar-refractivity contribution in [1.29, 1.82) is 0 Å². The number of hydrogen-bond acceptors (Lipinski definition) is 11. The number of unbranched alkanes of at least 4 members (excludes halogenated alkanes) is 2. The number of amides is 1. The van der Waals surface area contributed by atoms with Gasteiger partial charge in [-0.05, 0) is 86.3 Å². The molecule has 4 aliphatic rings. The topological polar surface area (TPSA) is 129 Å². The lowest BCUT2D eigenvalue weighted by Gasteiger charge is -2.59. The van der Waals surface area contributed by atoms with Crippen LogP contribution < -0.4 is 9.47 Å². The molecule has 0 aromatic heterocycles. The molecular weight excluding hydrogens is 721 g/mol. The molecule has 2 aliphatic carbocycles. The molecule has 12 heteroatoms. The Morgan fingerprint density at radius 3 is 2.62 bits per heavy atom. The van der Waals surface area contributed by atoms with Gasteiger partial charge in [0.05, 0.1) is 38.6 Å². The molecule has 0 radical (unpaired) electrons. The standard InChI is InChI=1S/C43H58N2O9S/c1-4-23-52-43-38(45(2)42(48)49-3)29-36(44-54-39-18-10-13-24-51-39)34-27-30(14-8-11-21-46)33(17-9-12-22-47)40(41(34)43)35-28-31(19-20-37(35)53-43)50-25-26-55-32-15-6-5-7-16-32/h4-7,15-16,19-20,27-28,30,33,38-41,46-47H,1,8-14,17-18,21-26,29H2,2-3H3. The molecule has 1 saturated heterocycles. The van der Waals surface area contributed by atoms with E-state index in [1.807, 2.05) is 30.3 Å². The molecule has 2 aromatic carbocycles. The molecule has 7 atom stereocenters. The molecule has 2 N–H and O–H groups in total. The fourth-order valence-corrected chi connectivity index (χ4v) is 9.59. The third-order valence-electron chi connectivity index (χ3n) is 11.4. The first kappa shape index (κ1) is 41.1. The number of oxime groups is 1. The molecule has 1 amide bonds. The van der Waals surface area contributed by atoms with Gasteiger partial charge in [-0.2, -0.15) is 0 Å². The van der Waals surface area contributed by atoms with Gasteiger partial charge >= 0.3 is 6.09 Å². The molecule has 2 aromatic rings. The van der Waals surface area contributed by atoms with Gasteiger partial charge in [-0.25, -0.2) is 4.79 Å². The quantitative estimate of drug-likeness (QED) is 0.0634. The summed E-state index contributed by atoms with van der Waals surface area (Å²) in [6.45, 7) is 5.56. The molecule has 1 saturated carbocycles. The minimum absolute atomic E-state index is 0.114. The molecular formula is C43H58N2O9S. The number of likely N-dealkylation sites (N-methyl/N-ethyl adjacent to an activating group) is 1. The first-order valence-electron chi connectivity index (χ1n) is 19.9. The van der Waals surface area contributed by atoms with Crippen LogP contribution in [0.2, 0.25) is 0 Å².